The van der Waals surface area contributed by atoms with Crippen LogP contribution in [0.2, 0.25) is 0 Å². The number of halogens is 1. The Balaban J connectivity index is 2.80. The van der Waals surface area contributed by atoms with Crippen molar-refractivity contribution < 1.29 is 4.39 Å². The first kappa shape index (κ1) is 14.2. The SMILES string of the molecule is CCC(CCN(C)c1c(F)cccc1N=O)N=O. The maximum absolute atomic E-state index is 13.7. The van der Waals surface area contributed by atoms with Crippen molar-refractivity contribution in [1.29, 1.82) is 0 Å². The molecule has 0 radical (unpaired) electrons. The van der Waals surface area contributed by atoms with Gasteiger partial charge in [-0.15, -0.1) is 4.91 Å². The molecule has 0 amide bonds. The zero-order valence-corrected chi connectivity index (χ0v) is 10.5. The Labute approximate surface area is 105 Å². The van der Waals surface area contributed by atoms with Gasteiger partial charge in [0.2, 0.25) is 0 Å². The van der Waals surface area contributed by atoms with Gasteiger partial charge in [0, 0.05) is 13.6 Å². The van der Waals surface area contributed by atoms with Gasteiger partial charge in [-0.25, -0.2) is 4.39 Å². The largest absolute Gasteiger partial charge is 0.370 e. The van der Waals surface area contributed by atoms with Crippen molar-refractivity contribution in [3.8, 4) is 0 Å². The van der Waals surface area contributed by atoms with Crippen molar-refractivity contribution in [2.75, 3.05) is 18.5 Å². The van der Waals surface area contributed by atoms with Crippen LogP contribution in [0.3, 0.4) is 0 Å². The molecule has 1 aromatic carbocycles. The Morgan fingerprint density at radius 1 is 1.39 bits per heavy atom. The molecule has 0 heterocycles. The highest BCUT2D eigenvalue weighted by atomic mass is 19.1. The summed E-state index contributed by atoms with van der Waals surface area (Å²) in [6, 6.07) is 3.88. The number of hydrogen-bond acceptors (Lipinski definition) is 5. The van der Waals surface area contributed by atoms with E-state index >= 15 is 0 Å². The molecule has 0 N–H and O–H groups in total. The number of nitrogens with zero attached hydrogens (tertiary/aromatic N) is 3. The fourth-order valence-corrected chi connectivity index (χ4v) is 1.74. The lowest BCUT2D eigenvalue weighted by atomic mass is 10.1. The summed E-state index contributed by atoms with van der Waals surface area (Å²) in [4.78, 5) is 22.7. The lowest BCUT2D eigenvalue weighted by Gasteiger charge is -2.21. The van der Waals surface area contributed by atoms with Crippen LogP contribution in [0, 0.1) is 15.6 Å². The van der Waals surface area contributed by atoms with Crippen LogP contribution in [-0.2, 0) is 0 Å². The topological polar surface area (TPSA) is 62.1 Å². The van der Waals surface area contributed by atoms with E-state index in [9.17, 15) is 14.2 Å². The molecular formula is C12H16FN3O2. The van der Waals surface area contributed by atoms with Crippen molar-refractivity contribution in [2.45, 2.75) is 25.8 Å². The van der Waals surface area contributed by atoms with Gasteiger partial charge in [0.1, 0.15) is 17.2 Å². The number of para-hydroxylation sites is 1. The summed E-state index contributed by atoms with van der Waals surface area (Å²) in [7, 11) is 1.66. The molecule has 0 saturated carbocycles. The molecule has 98 valence electrons. The summed E-state index contributed by atoms with van der Waals surface area (Å²) >= 11 is 0. The Morgan fingerprint density at radius 2 is 2.11 bits per heavy atom. The fourth-order valence-electron chi connectivity index (χ4n) is 1.74. The average molecular weight is 253 g/mol. The van der Waals surface area contributed by atoms with Crippen LogP contribution in [0.4, 0.5) is 15.8 Å². The summed E-state index contributed by atoms with van der Waals surface area (Å²) in [5.74, 6) is -0.498. The zero-order chi connectivity index (χ0) is 13.5. The molecule has 1 rings (SSSR count). The average Bonchev–Trinajstić information content (AvgIpc) is 2.39. The molecule has 0 aliphatic rings. The normalized spacial score (nSPS) is 11.9. The standard InChI is InChI=1S/C12H16FN3O2/c1-3-9(14-17)7-8-16(2)12-10(13)5-4-6-11(12)15-18/h4-6,9H,3,7-8H2,1-2H3. The summed E-state index contributed by atoms with van der Waals surface area (Å²) in [5.41, 5.74) is 0.220. The third-order valence-electron chi connectivity index (χ3n) is 2.86. The Kier molecular flexibility index (Phi) is 5.35. The van der Waals surface area contributed by atoms with Crippen molar-refractivity contribution in [3.63, 3.8) is 0 Å². The first-order valence-electron chi connectivity index (χ1n) is 5.79. The molecule has 0 fully saturated rings. The van der Waals surface area contributed by atoms with Gasteiger partial charge in [0.15, 0.2) is 0 Å². The van der Waals surface area contributed by atoms with E-state index in [1.165, 1.54) is 18.2 Å². The van der Waals surface area contributed by atoms with E-state index in [1.54, 1.807) is 11.9 Å². The molecule has 1 unspecified atom stereocenters. The molecule has 0 bridgehead atoms. The quantitative estimate of drug-likeness (QED) is 0.697. The van der Waals surface area contributed by atoms with Crippen molar-refractivity contribution >= 4 is 11.4 Å². The Hall–Kier alpha value is -1.85. The maximum atomic E-state index is 13.7. The first-order chi connectivity index (χ1) is 8.63. The van der Waals surface area contributed by atoms with Crippen LogP contribution in [0.5, 0.6) is 0 Å². The second-order valence-electron chi connectivity index (χ2n) is 4.08. The summed E-state index contributed by atoms with van der Waals surface area (Å²) in [5, 5.41) is 5.78. The van der Waals surface area contributed by atoms with E-state index < -0.39 is 5.82 Å². The molecule has 6 heteroatoms. The van der Waals surface area contributed by atoms with Gasteiger partial charge in [-0.3, -0.25) is 0 Å². The molecular weight excluding hydrogens is 237 g/mol. The number of nitroso groups, excluding NO2 is 2. The van der Waals surface area contributed by atoms with Crippen LogP contribution in [0.15, 0.2) is 28.6 Å². The highest BCUT2D eigenvalue weighted by molar-refractivity contribution is 5.67. The van der Waals surface area contributed by atoms with Crippen LogP contribution >= 0.6 is 0 Å². The third kappa shape index (κ3) is 3.32. The van der Waals surface area contributed by atoms with Gasteiger partial charge in [-0.05, 0) is 30.2 Å². The molecule has 5 nitrogen and oxygen atoms in total. The monoisotopic (exact) mass is 253 g/mol. The molecule has 1 aromatic rings. The van der Waals surface area contributed by atoms with E-state index in [4.69, 9.17) is 0 Å². The third-order valence-corrected chi connectivity index (χ3v) is 2.86. The van der Waals surface area contributed by atoms with E-state index in [2.05, 4.69) is 10.4 Å². The van der Waals surface area contributed by atoms with Gasteiger partial charge in [0.05, 0.1) is 6.04 Å². The minimum Gasteiger partial charge on any atom is -0.370 e. The minimum absolute atomic E-state index is 0.0598. The number of rotatable bonds is 7. The van der Waals surface area contributed by atoms with Crippen molar-refractivity contribution in [1.82, 2.24) is 0 Å². The Morgan fingerprint density at radius 3 is 2.67 bits per heavy atom. The zero-order valence-electron chi connectivity index (χ0n) is 10.5. The smallest absolute Gasteiger partial charge is 0.148 e. The number of anilines is 1. The maximum Gasteiger partial charge on any atom is 0.148 e. The fraction of sp³-hybridized carbons (Fsp3) is 0.500. The molecule has 18 heavy (non-hydrogen) atoms. The van der Waals surface area contributed by atoms with E-state index in [1.807, 2.05) is 6.92 Å². The molecule has 0 aliphatic carbocycles. The second-order valence-corrected chi connectivity index (χ2v) is 4.08. The number of hydrogen-bond donors (Lipinski definition) is 0. The highest BCUT2D eigenvalue weighted by Crippen LogP contribution is 2.30. The lowest BCUT2D eigenvalue weighted by Crippen LogP contribution is -2.23. The van der Waals surface area contributed by atoms with E-state index in [-0.39, 0.29) is 17.4 Å². The van der Waals surface area contributed by atoms with Crippen LogP contribution in [0.1, 0.15) is 19.8 Å². The van der Waals surface area contributed by atoms with Gasteiger partial charge in [-0.2, -0.15) is 4.91 Å². The first-order valence-corrected chi connectivity index (χ1v) is 5.79. The van der Waals surface area contributed by atoms with E-state index in [0.717, 1.165) is 0 Å². The van der Waals surface area contributed by atoms with Crippen molar-refractivity contribution in [3.05, 3.63) is 33.8 Å². The second kappa shape index (κ2) is 6.78. The minimum atomic E-state index is -0.498. The van der Waals surface area contributed by atoms with E-state index in [0.29, 0.717) is 19.4 Å². The molecule has 0 aromatic heterocycles. The molecule has 0 spiro atoms. The lowest BCUT2D eigenvalue weighted by molar-refractivity contribution is 0.582. The molecule has 0 aliphatic heterocycles. The van der Waals surface area contributed by atoms with Crippen LogP contribution in [0.25, 0.3) is 0 Å². The van der Waals surface area contributed by atoms with Gasteiger partial charge in [0.25, 0.3) is 0 Å². The predicted octanol–water partition coefficient (Wildman–Crippen LogP) is 3.59. The Bertz CT molecular complexity index is 426. The van der Waals surface area contributed by atoms with Crippen LogP contribution < -0.4 is 4.90 Å². The highest BCUT2D eigenvalue weighted by Gasteiger charge is 2.15. The summed E-state index contributed by atoms with van der Waals surface area (Å²) in [6.07, 6.45) is 1.16. The predicted molar refractivity (Wildman–Crippen MR) is 69.6 cm³/mol. The number of benzene rings is 1. The van der Waals surface area contributed by atoms with Crippen LogP contribution in [-0.4, -0.2) is 19.6 Å². The van der Waals surface area contributed by atoms with Gasteiger partial charge < -0.3 is 4.90 Å². The van der Waals surface area contributed by atoms with Gasteiger partial charge in [-0.1, -0.05) is 18.2 Å². The van der Waals surface area contributed by atoms with Crippen molar-refractivity contribution in [2.24, 2.45) is 10.4 Å². The summed E-state index contributed by atoms with van der Waals surface area (Å²) in [6.45, 7) is 2.31. The molecule has 1 atom stereocenters. The van der Waals surface area contributed by atoms with Gasteiger partial charge >= 0.3 is 0 Å². The summed E-state index contributed by atoms with van der Waals surface area (Å²) < 4.78 is 13.7. The molecule has 0 saturated heterocycles.